The summed E-state index contributed by atoms with van der Waals surface area (Å²) in [5.74, 6) is 0. The molecule has 2 nitrogen and oxygen atoms in total. The molecule has 1 unspecified atom stereocenters. The second-order valence-corrected chi connectivity index (χ2v) is 5.80. The molecule has 0 N–H and O–H groups in total. The zero-order valence-electron chi connectivity index (χ0n) is 8.96. The third-order valence-electron chi connectivity index (χ3n) is 3.20. The van der Waals surface area contributed by atoms with E-state index in [9.17, 15) is 0 Å². The van der Waals surface area contributed by atoms with Gasteiger partial charge in [0.15, 0.2) is 0 Å². The van der Waals surface area contributed by atoms with E-state index in [2.05, 4.69) is 27.8 Å². The van der Waals surface area contributed by atoms with Crippen LogP contribution in [-0.2, 0) is 11.2 Å². The fraction of sp³-hybridized carbons (Fsp3) is 0.727. The lowest BCUT2D eigenvalue weighted by Crippen LogP contribution is -2.23. The van der Waals surface area contributed by atoms with Crippen molar-refractivity contribution in [1.29, 1.82) is 0 Å². The number of nitrogens with zero attached hydrogens (tertiary/aromatic N) is 1. The van der Waals surface area contributed by atoms with E-state index in [1.54, 1.807) is 11.3 Å². The number of halogens is 1. The molecule has 0 bridgehead atoms. The van der Waals surface area contributed by atoms with E-state index in [0.717, 1.165) is 25.0 Å². The topological polar surface area (TPSA) is 22.1 Å². The zero-order chi connectivity index (χ0) is 10.7. The summed E-state index contributed by atoms with van der Waals surface area (Å²) in [6.07, 6.45) is 3.54. The molecule has 2 heterocycles. The molecule has 1 aliphatic heterocycles. The van der Waals surface area contributed by atoms with E-state index >= 15 is 0 Å². The van der Waals surface area contributed by atoms with E-state index in [4.69, 9.17) is 4.74 Å². The number of hydrogen-bond acceptors (Lipinski definition) is 3. The third kappa shape index (κ3) is 2.60. The maximum absolute atomic E-state index is 5.51. The Morgan fingerprint density at radius 3 is 3.07 bits per heavy atom. The predicted molar refractivity (Wildman–Crippen MR) is 66.8 cm³/mol. The Hall–Kier alpha value is 0.0700. The van der Waals surface area contributed by atoms with Crippen molar-refractivity contribution in [3.63, 3.8) is 0 Å². The molecular formula is C11H16BrNOS. The van der Waals surface area contributed by atoms with Gasteiger partial charge in [-0.15, -0.1) is 11.3 Å². The monoisotopic (exact) mass is 289 g/mol. The molecule has 84 valence electrons. The first-order chi connectivity index (χ1) is 7.26. The lowest BCUT2D eigenvalue weighted by molar-refractivity contribution is 0.158. The molecule has 2 rings (SSSR count). The second kappa shape index (κ2) is 4.93. The number of aryl methyl sites for hydroxylation is 2. The van der Waals surface area contributed by atoms with Crippen LogP contribution in [0.1, 0.15) is 23.4 Å². The fourth-order valence-electron chi connectivity index (χ4n) is 1.96. The average Bonchev–Trinajstić information content (AvgIpc) is 2.85. The van der Waals surface area contributed by atoms with Gasteiger partial charge in [-0.1, -0.05) is 15.9 Å². The van der Waals surface area contributed by atoms with E-state index in [1.165, 1.54) is 23.4 Å². The van der Waals surface area contributed by atoms with Crippen molar-refractivity contribution < 1.29 is 4.74 Å². The van der Waals surface area contributed by atoms with Gasteiger partial charge in [-0.25, -0.2) is 4.98 Å². The standard InChI is InChI=1S/C11H16BrNOS/c1-9-10(15-8-13-9)2-3-11(6-12)4-5-14-7-11/h8H,2-7H2,1H3. The Morgan fingerprint density at radius 1 is 1.67 bits per heavy atom. The molecule has 1 atom stereocenters. The first-order valence-corrected chi connectivity index (χ1v) is 7.29. The molecule has 0 radical (unpaired) electrons. The zero-order valence-corrected chi connectivity index (χ0v) is 11.4. The summed E-state index contributed by atoms with van der Waals surface area (Å²) in [4.78, 5) is 5.72. The highest BCUT2D eigenvalue weighted by atomic mass is 79.9. The van der Waals surface area contributed by atoms with Gasteiger partial charge in [0.05, 0.1) is 17.8 Å². The van der Waals surface area contributed by atoms with Gasteiger partial charge in [-0.3, -0.25) is 0 Å². The van der Waals surface area contributed by atoms with Crippen LogP contribution in [0.2, 0.25) is 0 Å². The highest BCUT2D eigenvalue weighted by Gasteiger charge is 2.33. The first-order valence-electron chi connectivity index (χ1n) is 5.28. The van der Waals surface area contributed by atoms with Gasteiger partial charge in [0.25, 0.3) is 0 Å². The summed E-state index contributed by atoms with van der Waals surface area (Å²) in [7, 11) is 0. The average molecular weight is 290 g/mol. The Balaban J connectivity index is 1.94. The molecule has 0 aliphatic carbocycles. The van der Waals surface area contributed by atoms with Gasteiger partial charge >= 0.3 is 0 Å². The molecule has 0 saturated carbocycles. The van der Waals surface area contributed by atoms with E-state index in [0.29, 0.717) is 5.41 Å². The second-order valence-electron chi connectivity index (χ2n) is 4.30. The highest BCUT2D eigenvalue weighted by molar-refractivity contribution is 9.09. The largest absolute Gasteiger partial charge is 0.381 e. The maximum atomic E-state index is 5.51. The Labute approximate surface area is 103 Å². The van der Waals surface area contributed by atoms with Crippen molar-refractivity contribution in [1.82, 2.24) is 4.98 Å². The van der Waals surface area contributed by atoms with Gasteiger partial charge in [-0.05, 0) is 26.2 Å². The van der Waals surface area contributed by atoms with Crippen molar-refractivity contribution in [2.75, 3.05) is 18.5 Å². The molecule has 0 amide bonds. The van der Waals surface area contributed by atoms with Crippen LogP contribution in [0.3, 0.4) is 0 Å². The third-order valence-corrected chi connectivity index (χ3v) is 5.38. The molecule has 1 saturated heterocycles. The van der Waals surface area contributed by atoms with Gasteiger partial charge in [0.1, 0.15) is 0 Å². The van der Waals surface area contributed by atoms with Gasteiger partial charge < -0.3 is 4.74 Å². The summed E-state index contributed by atoms with van der Waals surface area (Å²) in [5.41, 5.74) is 3.51. The van der Waals surface area contributed by atoms with Crippen molar-refractivity contribution in [2.24, 2.45) is 5.41 Å². The van der Waals surface area contributed by atoms with Gasteiger partial charge in [0, 0.05) is 22.2 Å². The van der Waals surface area contributed by atoms with Crippen LogP contribution in [0.25, 0.3) is 0 Å². The molecule has 1 aromatic heterocycles. The lowest BCUT2D eigenvalue weighted by atomic mass is 9.84. The quantitative estimate of drug-likeness (QED) is 0.795. The van der Waals surface area contributed by atoms with Crippen molar-refractivity contribution in [3.05, 3.63) is 16.1 Å². The molecule has 1 aromatic rings. The Kier molecular flexibility index (Phi) is 3.80. The molecule has 0 aromatic carbocycles. The fourth-order valence-corrected chi connectivity index (χ4v) is 3.47. The molecule has 0 spiro atoms. The number of rotatable bonds is 4. The van der Waals surface area contributed by atoms with Crippen LogP contribution in [0.5, 0.6) is 0 Å². The van der Waals surface area contributed by atoms with E-state index in [-0.39, 0.29) is 0 Å². The SMILES string of the molecule is Cc1ncsc1CCC1(CBr)CCOC1. The number of thiazole rings is 1. The Bertz CT molecular complexity index is 320. The number of ether oxygens (including phenoxy) is 1. The molecule has 1 aliphatic rings. The van der Waals surface area contributed by atoms with E-state index in [1.807, 2.05) is 5.51 Å². The summed E-state index contributed by atoms with van der Waals surface area (Å²) in [5, 5.41) is 1.05. The summed E-state index contributed by atoms with van der Waals surface area (Å²) in [6, 6.07) is 0. The van der Waals surface area contributed by atoms with Gasteiger partial charge in [-0.2, -0.15) is 0 Å². The van der Waals surface area contributed by atoms with Crippen molar-refractivity contribution >= 4 is 27.3 Å². The molecular weight excluding hydrogens is 274 g/mol. The van der Waals surface area contributed by atoms with Gasteiger partial charge in [0.2, 0.25) is 0 Å². The van der Waals surface area contributed by atoms with Crippen molar-refractivity contribution in [3.8, 4) is 0 Å². The maximum Gasteiger partial charge on any atom is 0.0797 e. The van der Waals surface area contributed by atoms with Crippen LogP contribution in [-0.4, -0.2) is 23.5 Å². The molecule has 4 heteroatoms. The normalized spacial score (nSPS) is 26.0. The minimum atomic E-state index is 0.371. The van der Waals surface area contributed by atoms with Crippen molar-refractivity contribution in [2.45, 2.75) is 26.2 Å². The predicted octanol–water partition coefficient (Wildman–Crippen LogP) is 3.19. The smallest absolute Gasteiger partial charge is 0.0797 e. The number of aromatic nitrogens is 1. The van der Waals surface area contributed by atoms with E-state index < -0.39 is 0 Å². The van der Waals surface area contributed by atoms with Crippen LogP contribution in [0, 0.1) is 12.3 Å². The first kappa shape index (κ1) is 11.6. The highest BCUT2D eigenvalue weighted by Crippen LogP contribution is 2.36. The lowest BCUT2D eigenvalue weighted by Gasteiger charge is -2.24. The van der Waals surface area contributed by atoms with Crippen LogP contribution >= 0.6 is 27.3 Å². The summed E-state index contributed by atoms with van der Waals surface area (Å²) in [6.45, 7) is 3.93. The number of alkyl halides is 1. The van der Waals surface area contributed by atoms with Crippen LogP contribution in [0.15, 0.2) is 5.51 Å². The minimum Gasteiger partial charge on any atom is -0.381 e. The number of hydrogen-bond donors (Lipinski definition) is 0. The minimum absolute atomic E-state index is 0.371. The molecule has 1 fully saturated rings. The summed E-state index contributed by atoms with van der Waals surface area (Å²) < 4.78 is 5.51. The van der Waals surface area contributed by atoms with Crippen LogP contribution in [0.4, 0.5) is 0 Å². The molecule has 15 heavy (non-hydrogen) atoms. The Morgan fingerprint density at radius 2 is 2.53 bits per heavy atom. The van der Waals surface area contributed by atoms with Crippen LogP contribution < -0.4 is 0 Å². The summed E-state index contributed by atoms with van der Waals surface area (Å²) >= 11 is 5.40.